The van der Waals surface area contributed by atoms with Crippen LogP contribution in [0.25, 0.3) is 0 Å². The summed E-state index contributed by atoms with van der Waals surface area (Å²) >= 11 is 3.59. The molecule has 1 aliphatic rings. The maximum absolute atomic E-state index is 11.8. The van der Waals surface area contributed by atoms with E-state index in [1.54, 1.807) is 0 Å². The van der Waals surface area contributed by atoms with E-state index in [0.29, 0.717) is 0 Å². The minimum Gasteiger partial charge on any atom is -0.468 e. The number of halogens is 1. The first-order valence-electron chi connectivity index (χ1n) is 6.01. The number of benzene rings is 1. The smallest absolute Gasteiger partial charge is 0.316 e. The molecule has 0 spiro atoms. The third kappa shape index (κ3) is 2.25. The van der Waals surface area contributed by atoms with E-state index in [4.69, 9.17) is 4.74 Å². The molecule has 0 amide bonds. The van der Waals surface area contributed by atoms with Crippen LogP contribution in [0.15, 0.2) is 22.7 Å². The minimum atomic E-state index is -0.359. The maximum Gasteiger partial charge on any atom is 0.316 e. The number of hydrogen-bond donors (Lipinski definition) is 0. The lowest BCUT2D eigenvalue weighted by Crippen LogP contribution is -2.21. The maximum atomic E-state index is 11.8. The number of carbonyl (C=O) groups excluding carboxylic acids is 1. The molecule has 1 aromatic rings. The van der Waals surface area contributed by atoms with Gasteiger partial charge in [-0.3, -0.25) is 4.79 Å². The van der Waals surface area contributed by atoms with Crippen LogP contribution in [0.4, 0.5) is 0 Å². The summed E-state index contributed by atoms with van der Waals surface area (Å²) in [5.74, 6) is -0.104. The standard InChI is InChI=1S/C14H17BrO2/c1-3-4-10-5-6-11(9-12(10)15)14(7-8-14)13(16)17-2/h5-6,9H,3-4,7-8H2,1-2H3. The molecule has 3 heteroatoms. The van der Waals surface area contributed by atoms with Crippen LogP contribution < -0.4 is 0 Å². The Morgan fingerprint density at radius 3 is 2.65 bits per heavy atom. The second-order valence-electron chi connectivity index (χ2n) is 4.63. The average Bonchev–Trinajstić information content (AvgIpc) is 3.12. The highest BCUT2D eigenvalue weighted by atomic mass is 79.9. The van der Waals surface area contributed by atoms with Gasteiger partial charge in [0.15, 0.2) is 0 Å². The number of hydrogen-bond acceptors (Lipinski definition) is 2. The van der Waals surface area contributed by atoms with E-state index in [9.17, 15) is 4.79 Å². The van der Waals surface area contributed by atoms with E-state index < -0.39 is 0 Å². The summed E-state index contributed by atoms with van der Waals surface area (Å²) in [6.45, 7) is 2.16. The topological polar surface area (TPSA) is 26.3 Å². The van der Waals surface area contributed by atoms with Crippen LogP contribution in [-0.2, 0) is 21.4 Å². The number of esters is 1. The van der Waals surface area contributed by atoms with Crippen LogP contribution in [0.3, 0.4) is 0 Å². The molecule has 0 atom stereocenters. The first-order valence-corrected chi connectivity index (χ1v) is 6.80. The molecule has 0 aromatic heterocycles. The lowest BCUT2D eigenvalue weighted by molar-refractivity contribution is -0.143. The van der Waals surface area contributed by atoms with Gasteiger partial charge in [0.25, 0.3) is 0 Å². The van der Waals surface area contributed by atoms with Gasteiger partial charge in [0, 0.05) is 4.47 Å². The zero-order chi connectivity index (χ0) is 12.5. The molecule has 0 saturated heterocycles. The van der Waals surface area contributed by atoms with E-state index in [1.165, 1.54) is 12.7 Å². The molecule has 2 rings (SSSR count). The Morgan fingerprint density at radius 1 is 1.47 bits per heavy atom. The monoisotopic (exact) mass is 296 g/mol. The lowest BCUT2D eigenvalue weighted by Gasteiger charge is -2.14. The van der Waals surface area contributed by atoms with Gasteiger partial charge in [0.1, 0.15) is 0 Å². The molecule has 92 valence electrons. The van der Waals surface area contributed by atoms with Crippen LogP contribution >= 0.6 is 15.9 Å². The molecule has 1 aromatic carbocycles. The SMILES string of the molecule is CCCc1ccc(C2(C(=O)OC)CC2)cc1Br. The summed E-state index contributed by atoms with van der Waals surface area (Å²) in [6.07, 6.45) is 3.99. The van der Waals surface area contributed by atoms with Crippen molar-refractivity contribution in [3.05, 3.63) is 33.8 Å². The van der Waals surface area contributed by atoms with Gasteiger partial charge < -0.3 is 4.74 Å². The van der Waals surface area contributed by atoms with Gasteiger partial charge in [0.2, 0.25) is 0 Å². The van der Waals surface area contributed by atoms with Gasteiger partial charge >= 0.3 is 5.97 Å². The van der Waals surface area contributed by atoms with Crippen molar-refractivity contribution in [1.29, 1.82) is 0 Å². The summed E-state index contributed by atoms with van der Waals surface area (Å²) in [7, 11) is 1.46. The fraction of sp³-hybridized carbons (Fsp3) is 0.500. The Kier molecular flexibility index (Phi) is 3.57. The van der Waals surface area contributed by atoms with Crippen LogP contribution in [0.5, 0.6) is 0 Å². The molecule has 1 saturated carbocycles. The van der Waals surface area contributed by atoms with Crippen LogP contribution in [0.2, 0.25) is 0 Å². The third-order valence-corrected chi connectivity index (χ3v) is 4.19. The van der Waals surface area contributed by atoms with E-state index >= 15 is 0 Å². The molecule has 0 heterocycles. The predicted molar refractivity (Wildman–Crippen MR) is 71.1 cm³/mol. The second-order valence-corrected chi connectivity index (χ2v) is 5.48. The fourth-order valence-corrected chi connectivity index (χ4v) is 2.83. The Bertz CT molecular complexity index is 436. The molecule has 2 nitrogen and oxygen atoms in total. The zero-order valence-electron chi connectivity index (χ0n) is 10.3. The van der Waals surface area contributed by atoms with Crippen molar-refractivity contribution in [3.63, 3.8) is 0 Å². The molecule has 1 aliphatic carbocycles. The largest absolute Gasteiger partial charge is 0.468 e. The normalized spacial score (nSPS) is 16.6. The van der Waals surface area contributed by atoms with Crippen molar-refractivity contribution in [1.82, 2.24) is 0 Å². The van der Waals surface area contributed by atoms with E-state index in [2.05, 4.69) is 41.1 Å². The molecule has 1 fully saturated rings. The first-order chi connectivity index (χ1) is 8.14. The molecule has 0 N–H and O–H groups in total. The fourth-order valence-electron chi connectivity index (χ4n) is 2.25. The number of ether oxygens (including phenoxy) is 1. The Balaban J connectivity index is 2.29. The Morgan fingerprint density at radius 2 is 2.18 bits per heavy atom. The van der Waals surface area contributed by atoms with E-state index in [-0.39, 0.29) is 11.4 Å². The summed E-state index contributed by atoms with van der Waals surface area (Å²) in [4.78, 5) is 11.8. The number of rotatable bonds is 4. The highest BCUT2D eigenvalue weighted by Gasteiger charge is 2.52. The van der Waals surface area contributed by atoms with Gasteiger partial charge in [-0.2, -0.15) is 0 Å². The average molecular weight is 297 g/mol. The molecule has 0 unspecified atom stereocenters. The number of aryl methyl sites for hydroxylation is 1. The van der Waals surface area contributed by atoms with Crippen LogP contribution in [-0.4, -0.2) is 13.1 Å². The van der Waals surface area contributed by atoms with Gasteiger partial charge in [-0.05, 0) is 36.5 Å². The molecular formula is C14H17BrO2. The number of methoxy groups -OCH3 is 1. The summed E-state index contributed by atoms with van der Waals surface area (Å²) in [5, 5.41) is 0. The molecular weight excluding hydrogens is 280 g/mol. The van der Waals surface area contributed by atoms with E-state index in [1.807, 2.05) is 0 Å². The summed E-state index contributed by atoms with van der Waals surface area (Å²) in [6, 6.07) is 6.26. The first kappa shape index (κ1) is 12.6. The summed E-state index contributed by atoms with van der Waals surface area (Å²) < 4.78 is 6.00. The van der Waals surface area contributed by atoms with Gasteiger partial charge in [-0.1, -0.05) is 41.4 Å². The Labute approximate surface area is 110 Å². The van der Waals surface area contributed by atoms with Crippen molar-refractivity contribution >= 4 is 21.9 Å². The van der Waals surface area contributed by atoms with Gasteiger partial charge in [0.05, 0.1) is 12.5 Å². The second kappa shape index (κ2) is 4.81. The van der Waals surface area contributed by atoms with Crippen molar-refractivity contribution in [2.75, 3.05) is 7.11 Å². The zero-order valence-corrected chi connectivity index (χ0v) is 11.8. The van der Waals surface area contributed by atoms with Gasteiger partial charge in [-0.25, -0.2) is 0 Å². The summed E-state index contributed by atoms with van der Waals surface area (Å²) in [5.41, 5.74) is 2.02. The highest BCUT2D eigenvalue weighted by molar-refractivity contribution is 9.10. The molecule has 0 bridgehead atoms. The van der Waals surface area contributed by atoms with Crippen molar-refractivity contribution in [2.24, 2.45) is 0 Å². The van der Waals surface area contributed by atoms with Gasteiger partial charge in [-0.15, -0.1) is 0 Å². The van der Waals surface area contributed by atoms with E-state index in [0.717, 1.165) is 35.7 Å². The number of carbonyl (C=O) groups is 1. The quantitative estimate of drug-likeness (QED) is 0.794. The Hall–Kier alpha value is -0.830. The highest BCUT2D eigenvalue weighted by Crippen LogP contribution is 2.49. The minimum absolute atomic E-state index is 0.104. The van der Waals surface area contributed by atoms with Crippen LogP contribution in [0, 0.1) is 0 Å². The molecule has 17 heavy (non-hydrogen) atoms. The van der Waals surface area contributed by atoms with Crippen molar-refractivity contribution in [3.8, 4) is 0 Å². The molecule has 0 aliphatic heterocycles. The van der Waals surface area contributed by atoms with Crippen LogP contribution in [0.1, 0.15) is 37.3 Å². The van der Waals surface area contributed by atoms with Crippen molar-refractivity contribution in [2.45, 2.75) is 38.0 Å². The predicted octanol–water partition coefficient (Wildman–Crippen LogP) is 3.61. The third-order valence-electron chi connectivity index (χ3n) is 3.45. The molecule has 0 radical (unpaired) electrons. The lowest BCUT2D eigenvalue weighted by atomic mass is 9.94. The van der Waals surface area contributed by atoms with Crippen molar-refractivity contribution < 1.29 is 9.53 Å².